The number of hydrogen-bond acceptors (Lipinski definition) is 11. The first-order chi connectivity index (χ1) is 25.9. The van der Waals surface area contributed by atoms with Gasteiger partial charge >= 0.3 is 12.1 Å². The molecule has 0 radical (unpaired) electrons. The Kier molecular flexibility index (Phi) is 13.2. The number of rotatable bonds is 15. The molecule has 11 nitrogen and oxygen atoms in total. The van der Waals surface area contributed by atoms with Crippen molar-refractivity contribution in [1.82, 2.24) is 29.5 Å². The van der Waals surface area contributed by atoms with Crippen LogP contribution in [0.4, 0.5) is 13.2 Å². The topological polar surface area (TPSA) is 104 Å². The van der Waals surface area contributed by atoms with Crippen molar-refractivity contribution < 1.29 is 36.9 Å². The minimum atomic E-state index is -4.44. The molecule has 0 unspecified atom stereocenters. The number of esters is 1. The van der Waals surface area contributed by atoms with Crippen LogP contribution in [0.3, 0.4) is 0 Å². The molecule has 0 bridgehead atoms. The van der Waals surface area contributed by atoms with E-state index in [1.165, 1.54) is 29.9 Å². The maximum absolute atomic E-state index is 13.4. The van der Waals surface area contributed by atoms with Gasteiger partial charge in [-0.25, -0.2) is 14.8 Å². The Hall–Kier alpha value is -3.71. The van der Waals surface area contributed by atoms with Gasteiger partial charge in [0.25, 0.3) is 0 Å². The van der Waals surface area contributed by atoms with Crippen molar-refractivity contribution in [2.75, 3.05) is 53.0 Å². The molecule has 6 rings (SSSR count). The zero-order chi connectivity index (χ0) is 38.4. The summed E-state index contributed by atoms with van der Waals surface area (Å²) in [5.74, 6) is 0.531. The van der Waals surface area contributed by atoms with E-state index in [0.717, 1.165) is 57.0 Å². The second-order valence-electron chi connectivity index (χ2n) is 12.7. The SMILES string of the molecule is CCOC(=O)[C@@H](Cc1ccccc1OCc1ccnn1CC(F)(F)F)Oc1ncnc2sc(I)c(-c3ccc(OCCN4CCN(C)CC4)c(Cl)c3C)c12. The molecule has 288 valence electrons. The molecule has 1 saturated heterocycles. The fraction of sp³-hybridized carbons (Fsp3) is 0.405. The molecular weight excluding hydrogens is 860 g/mol. The third kappa shape index (κ3) is 9.74. The minimum absolute atomic E-state index is 0.0178. The third-order valence-corrected chi connectivity index (χ3v) is 11.5. The van der Waals surface area contributed by atoms with Gasteiger partial charge in [0.15, 0.2) is 0 Å². The molecule has 0 spiro atoms. The van der Waals surface area contributed by atoms with Gasteiger partial charge in [-0.1, -0.05) is 35.9 Å². The summed E-state index contributed by atoms with van der Waals surface area (Å²) in [4.78, 5) is 27.8. The van der Waals surface area contributed by atoms with Crippen LogP contribution in [0.2, 0.25) is 5.02 Å². The predicted molar refractivity (Wildman–Crippen MR) is 209 cm³/mol. The Labute approximate surface area is 333 Å². The van der Waals surface area contributed by atoms with Gasteiger partial charge in [-0.2, -0.15) is 18.3 Å². The normalized spacial score (nSPS) is 14.7. The summed E-state index contributed by atoms with van der Waals surface area (Å²) in [7, 11) is 2.13. The number of alkyl halides is 3. The largest absolute Gasteiger partial charge is 0.491 e. The number of carbonyl (C=O) groups excluding carboxylic acids is 1. The van der Waals surface area contributed by atoms with Gasteiger partial charge in [-0.3, -0.25) is 9.58 Å². The molecule has 4 heterocycles. The number of fused-ring (bicyclic) bond motifs is 1. The van der Waals surface area contributed by atoms with Crippen molar-refractivity contribution in [3.05, 3.63) is 79.7 Å². The molecule has 1 atom stereocenters. The molecule has 1 aliphatic heterocycles. The number of ether oxygens (including phenoxy) is 4. The van der Waals surface area contributed by atoms with Crippen LogP contribution in [0.1, 0.15) is 23.7 Å². The van der Waals surface area contributed by atoms with Gasteiger partial charge in [-0.15, -0.1) is 11.3 Å². The highest BCUT2D eigenvalue weighted by Crippen LogP contribution is 2.46. The lowest BCUT2D eigenvalue weighted by Gasteiger charge is -2.32. The molecule has 0 N–H and O–H groups in total. The highest BCUT2D eigenvalue weighted by Gasteiger charge is 2.30. The summed E-state index contributed by atoms with van der Waals surface area (Å²) in [6.45, 7) is 7.72. The van der Waals surface area contributed by atoms with Crippen molar-refractivity contribution in [2.45, 2.75) is 45.7 Å². The summed E-state index contributed by atoms with van der Waals surface area (Å²) in [5, 5.41) is 4.90. The summed E-state index contributed by atoms with van der Waals surface area (Å²) in [6.07, 6.45) is -2.91. The van der Waals surface area contributed by atoms with Crippen LogP contribution >= 0.6 is 45.5 Å². The smallest absolute Gasteiger partial charge is 0.408 e. The maximum Gasteiger partial charge on any atom is 0.408 e. The predicted octanol–water partition coefficient (Wildman–Crippen LogP) is 7.44. The number of aromatic nitrogens is 4. The zero-order valence-corrected chi connectivity index (χ0v) is 33.6. The second kappa shape index (κ2) is 17.8. The first-order valence-electron chi connectivity index (χ1n) is 17.3. The van der Waals surface area contributed by atoms with Crippen LogP contribution in [0.5, 0.6) is 17.4 Å². The molecule has 0 saturated carbocycles. The number of likely N-dealkylation sites (N-methyl/N-ethyl adjacent to an activating group) is 1. The maximum atomic E-state index is 13.4. The van der Waals surface area contributed by atoms with Crippen molar-refractivity contribution in [1.29, 1.82) is 0 Å². The number of halogens is 5. The van der Waals surface area contributed by atoms with E-state index in [1.807, 2.05) is 19.1 Å². The van der Waals surface area contributed by atoms with Gasteiger partial charge < -0.3 is 23.8 Å². The fourth-order valence-electron chi connectivity index (χ4n) is 6.11. The zero-order valence-electron chi connectivity index (χ0n) is 29.9. The summed E-state index contributed by atoms with van der Waals surface area (Å²) in [5.41, 5.74) is 3.29. The number of thiophene rings is 1. The second-order valence-corrected chi connectivity index (χ2v) is 15.9. The minimum Gasteiger partial charge on any atom is -0.491 e. The van der Waals surface area contributed by atoms with Crippen LogP contribution < -0.4 is 14.2 Å². The van der Waals surface area contributed by atoms with Crippen molar-refractivity contribution >= 4 is 61.7 Å². The third-order valence-electron chi connectivity index (χ3n) is 8.98. The van der Waals surface area contributed by atoms with Crippen molar-refractivity contribution in [2.24, 2.45) is 0 Å². The van der Waals surface area contributed by atoms with Crippen LogP contribution in [0.25, 0.3) is 21.3 Å². The number of carbonyl (C=O) groups is 1. The Morgan fingerprint density at radius 3 is 2.59 bits per heavy atom. The van der Waals surface area contributed by atoms with Gasteiger partial charge in [0.1, 0.15) is 42.4 Å². The van der Waals surface area contributed by atoms with Gasteiger partial charge in [-0.05, 0) is 78.4 Å². The Morgan fingerprint density at radius 1 is 1.06 bits per heavy atom. The Morgan fingerprint density at radius 2 is 1.83 bits per heavy atom. The van der Waals surface area contributed by atoms with Gasteiger partial charge in [0.05, 0.1) is 25.6 Å². The molecule has 17 heteroatoms. The lowest BCUT2D eigenvalue weighted by molar-refractivity contribution is -0.151. The lowest BCUT2D eigenvalue weighted by atomic mass is 10.0. The first-order valence-corrected chi connectivity index (χ1v) is 19.6. The lowest BCUT2D eigenvalue weighted by Crippen LogP contribution is -2.45. The van der Waals surface area contributed by atoms with Gasteiger partial charge in [0.2, 0.25) is 12.0 Å². The summed E-state index contributed by atoms with van der Waals surface area (Å²) in [6, 6.07) is 12.2. The average molecular weight is 899 g/mol. The van der Waals surface area contributed by atoms with Gasteiger partial charge in [0, 0.05) is 50.9 Å². The highest BCUT2D eigenvalue weighted by molar-refractivity contribution is 14.1. The molecule has 2 aromatic carbocycles. The van der Waals surface area contributed by atoms with E-state index in [4.69, 9.17) is 30.5 Å². The van der Waals surface area contributed by atoms with E-state index in [1.54, 1.807) is 31.2 Å². The van der Waals surface area contributed by atoms with E-state index < -0.39 is 24.8 Å². The number of para-hydroxylation sites is 1. The van der Waals surface area contributed by atoms with E-state index in [-0.39, 0.29) is 31.2 Å². The highest BCUT2D eigenvalue weighted by atomic mass is 127. The molecule has 0 amide bonds. The molecule has 5 aromatic rings. The molecule has 1 fully saturated rings. The summed E-state index contributed by atoms with van der Waals surface area (Å²) >= 11 is 10.6. The van der Waals surface area contributed by atoms with Crippen LogP contribution in [0, 0.1) is 9.81 Å². The molecule has 3 aromatic heterocycles. The van der Waals surface area contributed by atoms with E-state index in [9.17, 15) is 18.0 Å². The van der Waals surface area contributed by atoms with Crippen molar-refractivity contribution in [3.63, 3.8) is 0 Å². The standard InChI is InChI=1S/C37H39ClF3IN6O5S/c1-4-50-36(49)29(19-24-7-5-6-8-27(24)52-20-25-11-12-45-48(25)21-37(39,40)41)53-34-31-30(33(42)54-35(31)44-22-43-34)26-9-10-28(32(38)23(26)2)51-18-17-47-15-13-46(3)14-16-47/h5-12,22,29H,4,13-21H2,1-3H3/t29-/m1/s1. The molecule has 54 heavy (non-hydrogen) atoms. The number of piperazine rings is 1. The number of hydrogen-bond donors (Lipinski definition) is 0. The summed E-state index contributed by atoms with van der Waals surface area (Å²) < 4.78 is 65.0. The van der Waals surface area contributed by atoms with Crippen LogP contribution in [0.15, 0.2) is 55.0 Å². The molecule has 0 aliphatic carbocycles. The Bertz CT molecular complexity index is 2070. The first kappa shape index (κ1) is 40.0. The van der Waals surface area contributed by atoms with Crippen LogP contribution in [-0.2, 0) is 29.1 Å². The fourth-order valence-corrected chi connectivity index (χ4v) is 8.39. The van der Waals surface area contributed by atoms with E-state index in [0.29, 0.717) is 38.9 Å². The van der Waals surface area contributed by atoms with E-state index >= 15 is 0 Å². The van der Waals surface area contributed by atoms with Crippen LogP contribution in [-0.4, -0.2) is 101 Å². The Balaban J connectivity index is 1.24. The molecular formula is C37H39ClF3IN6O5S. The molecule has 1 aliphatic rings. The van der Waals surface area contributed by atoms with E-state index in [2.05, 4.69) is 54.5 Å². The number of benzene rings is 2. The van der Waals surface area contributed by atoms with Crippen molar-refractivity contribution in [3.8, 4) is 28.5 Å². The quantitative estimate of drug-likeness (QED) is 0.0779. The number of nitrogens with zero attached hydrogens (tertiary/aromatic N) is 6. The monoisotopic (exact) mass is 898 g/mol. The average Bonchev–Trinajstić information content (AvgIpc) is 3.72.